The predicted molar refractivity (Wildman–Crippen MR) is 30.0 cm³/mol. The molecule has 5 heavy (non-hydrogen) atoms. The Labute approximate surface area is 46.1 Å². The largest absolute Gasteiger partial charge is 0.0755 e. The molecule has 0 saturated heterocycles. The fraction of sp³-hybridized carbons (Fsp3) is 0.750. The van der Waals surface area contributed by atoms with Crippen molar-refractivity contribution >= 4 is 22.6 Å². The van der Waals surface area contributed by atoms with Crippen LogP contribution in [0.3, 0.4) is 0 Å². The van der Waals surface area contributed by atoms with Crippen molar-refractivity contribution in [2.75, 3.05) is 0 Å². The van der Waals surface area contributed by atoms with E-state index < -0.39 is 0 Å². The van der Waals surface area contributed by atoms with Gasteiger partial charge in [-0.05, 0) is 18.8 Å². The second-order valence-electron chi connectivity index (χ2n) is 1.38. The van der Waals surface area contributed by atoms with E-state index >= 15 is 0 Å². The van der Waals surface area contributed by atoms with Gasteiger partial charge in [-0.25, -0.2) is 0 Å². The predicted octanol–water partition coefficient (Wildman–Crippen LogP) is 1.87. The van der Waals surface area contributed by atoms with Crippen LogP contribution in [-0.4, -0.2) is 0 Å². The molecule has 0 spiro atoms. The molecule has 1 rings (SSSR count). The van der Waals surface area contributed by atoms with Crippen molar-refractivity contribution in [1.82, 2.24) is 0 Å². The van der Waals surface area contributed by atoms with Crippen LogP contribution in [0.5, 0.6) is 0 Å². The first kappa shape index (κ1) is 3.90. The Hall–Kier alpha value is 0.730. The molecule has 1 aliphatic rings. The zero-order valence-electron chi connectivity index (χ0n) is 2.87. The Morgan fingerprint density at radius 3 is 2.20 bits per heavy atom. The third-order valence-corrected chi connectivity index (χ3v) is 1.61. The average Bonchev–Trinajstić information content (AvgIpc) is 2.12. The highest BCUT2D eigenvalue weighted by molar-refractivity contribution is 14.1. The molecule has 0 amide bonds. The van der Waals surface area contributed by atoms with Gasteiger partial charge in [-0.15, -0.1) is 0 Å². The molecule has 0 aromatic rings. The molecule has 0 aliphatic heterocycles. The van der Waals surface area contributed by atoms with Crippen molar-refractivity contribution in [2.24, 2.45) is 5.92 Å². The minimum atomic E-state index is 0.871. The molecule has 0 unspecified atom stereocenters. The third-order valence-electron chi connectivity index (χ3n) is 0.732. The highest BCUT2D eigenvalue weighted by Crippen LogP contribution is 2.33. The maximum absolute atomic E-state index is 3.11. The summed E-state index contributed by atoms with van der Waals surface area (Å²) >= 11 is 2.19. The van der Waals surface area contributed by atoms with Gasteiger partial charge in [-0.1, -0.05) is 22.6 Å². The Morgan fingerprint density at radius 2 is 2.20 bits per heavy atom. The molecule has 0 N–H and O–H groups in total. The molecule has 0 atom stereocenters. The van der Waals surface area contributed by atoms with Gasteiger partial charge in [0.05, 0.1) is 4.43 Å². The van der Waals surface area contributed by atoms with Crippen molar-refractivity contribution in [3.05, 3.63) is 4.43 Å². The lowest BCUT2D eigenvalue weighted by Crippen LogP contribution is -1.55. The van der Waals surface area contributed by atoms with Crippen molar-refractivity contribution in [2.45, 2.75) is 12.8 Å². The summed E-state index contributed by atoms with van der Waals surface area (Å²) in [5, 5.41) is 0. The lowest BCUT2D eigenvalue weighted by molar-refractivity contribution is 1.11. The van der Waals surface area contributed by atoms with Crippen molar-refractivity contribution < 1.29 is 0 Å². The van der Waals surface area contributed by atoms with Crippen LogP contribution in [0.15, 0.2) is 0 Å². The van der Waals surface area contributed by atoms with Crippen molar-refractivity contribution in [1.29, 1.82) is 0 Å². The van der Waals surface area contributed by atoms with E-state index in [2.05, 4.69) is 27.0 Å². The SMILES string of the molecule is I[C]C1CC1. The normalized spacial score (nSPS) is 23.4. The molecule has 0 heterocycles. The zero-order valence-corrected chi connectivity index (χ0v) is 5.03. The molecular weight excluding hydrogens is 175 g/mol. The van der Waals surface area contributed by atoms with Gasteiger partial charge in [0, 0.05) is 0 Å². The molecule has 1 heteroatoms. The second-order valence-corrected chi connectivity index (χ2v) is 2.01. The molecule has 0 aromatic heterocycles. The van der Waals surface area contributed by atoms with Gasteiger partial charge in [0.15, 0.2) is 0 Å². The summed E-state index contributed by atoms with van der Waals surface area (Å²) in [5.74, 6) is 0.871. The lowest BCUT2D eigenvalue weighted by atomic mass is 10.5. The van der Waals surface area contributed by atoms with Crippen LogP contribution in [-0.2, 0) is 0 Å². The third kappa shape index (κ3) is 1.07. The molecule has 2 radical (unpaired) electrons. The number of rotatable bonds is 1. The molecule has 0 bridgehead atoms. The van der Waals surface area contributed by atoms with Gasteiger partial charge in [0.25, 0.3) is 0 Å². The number of hydrogen-bond donors (Lipinski definition) is 0. The van der Waals surface area contributed by atoms with Gasteiger partial charge < -0.3 is 0 Å². The van der Waals surface area contributed by atoms with E-state index in [1.807, 2.05) is 0 Å². The molecule has 0 nitrogen and oxygen atoms in total. The quantitative estimate of drug-likeness (QED) is 0.540. The summed E-state index contributed by atoms with van der Waals surface area (Å²) in [7, 11) is 0. The Morgan fingerprint density at radius 1 is 1.60 bits per heavy atom. The first-order valence-electron chi connectivity index (χ1n) is 1.79. The van der Waals surface area contributed by atoms with Gasteiger partial charge in [0.2, 0.25) is 0 Å². The Balaban J connectivity index is 2.00. The first-order chi connectivity index (χ1) is 2.43. The summed E-state index contributed by atoms with van der Waals surface area (Å²) in [6.07, 6.45) is 2.78. The van der Waals surface area contributed by atoms with Crippen LogP contribution in [0.4, 0.5) is 0 Å². The average molecular weight is 180 g/mol. The van der Waals surface area contributed by atoms with E-state index in [0.29, 0.717) is 0 Å². The molecular formula is C4H5I. The summed E-state index contributed by atoms with van der Waals surface area (Å²) in [6, 6.07) is 0. The van der Waals surface area contributed by atoms with Crippen molar-refractivity contribution in [3.8, 4) is 0 Å². The molecule has 0 aromatic carbocycles. The summed E-state index contributed by atoms with van der Waals surface area (Å²) in [6.45, 7) is 0. The fourth-order valence-electron chi connectivity index (χ4n) is 0.192. The standard InChI is InChI=1S/C4H5I/c5-3-4-1-2-4/h4H,1-2H2. The molecule has 28 valence electrons. The maximum atomic E-state index is 3.11. The van der Waals surface area contributed by atoms with Crippen LogP contribution in [0, 0.1) is 10.3 Å². The maximum Gasteiger partial charge on any atom is 0.0573 e. The van der Waals surface area contributed by atoms with Gasteiger partial charge in [-0.2, -0.15) is 0 Å². The minimum Gasteiger partial charge on any atom is -0.0755 e. The van der Waals surface area contributed by atoms with Gasteiger partial charge in [-0.3, -0.25) is 0 Å². The lowest BCUT2D eigenvalue weighted by Gasteiger charge is -1.68. The van der Waals surface area contributed by atoms with Crippen LogP contribution < -0.4 is 0 Å². The fourth-order valence-corrected chi connectivity index (χ4v) is 0.815. The summed E-state index contributed by atoms with van der Waals surface area (Å²) in [5.41, 5.74) is 0. The summed E-state index contributed by atoms with van der Waals surface area (Å²) < 4.78 is 3.11. The van der Waals surface area contributed by atoms with Gasteiger partial charge >= 0.3 is 0 Å². The summed E-state index contributed by atoms with van der Waals surface area (Å²) in [4.78, 5) is 0. The van der Waals surface area contributed by atoms with E-state index in [4.69, 9.17) is 0 Å². The highest BCUT2D eigenvalue weighted by Gasteiger charge is 2.19. The minimum absolute atomic E-state index is 0.871. The second kappa shape index (κ2) is 1.45. The van der Waals surface area contributed by atoms with E-state index in [1.165, 1.54) is 12.8 Å². The van der Waals surface area contributed by atoms with E-state index in [0.717, 1.165) is 5.92 Å². The first-order valence-corrected chi connectivity index (χ1v) is 2.87. The number of hydrogen-bond acceptors (Lipinski definition) is 0. The molecule has 1 aliphatic carbocycles. The van der Waals surface area contributed by atoms with Gasteiger partial charge in [0.1, 0.15) is 0 Å². The van der Waals surface area contributed by atoms with Crippen LogP contribution >= 0.6 is 22.6 Å². The molecule has 1 saturated carbocycles. The van der Waals surface area contributed by atoms with E-state index in [9.17, 15) is 0 Å². The van der Waals surface area contributed by atoms with Crippen LogP contribution in [0.1, 0.15) is 12.8 Å². The zero-order chi connectivity index (χ0) is 3.70. The Bertz CT molecular complexity index is 30.6. The monoisotopic (exact) mass is 180 g/mol. The molecule has 1 fully saturated rings. The van der Waals surface area contributed by atoms with E-state index in [-0.39, 0.29) is 0 Å². The smallest absolute Gasteiger partial charge is 0.0573 e. The van der Waals surface area contributed by atoms with Crippen molar-refractivity contribution in [3.63, 3.8) is 0 Å². The van der Waals surface area contributed by atoms with Crippen LogP contribution in [0.2, 0.25) is 0 Å². The topological polar surface area (TPSA) is 0 Å². The number of halogens is 1. The van der Waals surface area contributed by atoms with E-state index in [1.54, 1.807) is 0 Å². The highest BCUT2D eigenvalue weighted by atomic mass is 127. The Kier molecular flexibility index (Phi) is 1.13. The van der Waals surface area contributed by atoms with Crippen LogP contribution in [0.25, 0.3) is 0 Å².